The van der Waals surface area contributed by atoms with Crippen LogP contribution in [-0.4, -0.2) is 50.1 Å². The Morgan fingerprint density at radius 1 is 1.62 bits per heavy atom. The molecule has 1 aromatic rings. The quantitative estimate of drug-likeness (QED) is 0.436. The van der Waals surface area contributed by atoms with E-state index in [4.69, 9.17) is 14.6 Å². The predicted octanol–water partition coefficient (Wildman–Crippen LogP) is -0.700. The molecule has 2 heterocycles. The van der Waals surface area contributed by atoms with Crippen LogP contribution in [0.3, 0.4) is 0 Å². The van der Waals surface area contributed by atoms with Crippen molar-refractivity contribution >= 4 is 22.6 Å². The summed E-state index contributed by atoms with van der Waals surface area (Å²) in [5.41, 5.74) is -0.808. The highest BCUT2D eigenvalue weighted by atomic mass is 127. The van der Waals surface area contributed by atoms with Gasteiger partial charge in [0.15, 0.2) is 0 Å². The van der Waals surface area contributed by atoms with Crippen LogP contribution in [0.25, 0.3) is 0 Å². The molecule has 21 heavy (non-hydrogen) atoms. The van der Waals surface area contributed by atoms with E-state index in [-0.39, 0.29) is 13.0 Å². The number of rotatable bonds is 5. The summed E-state index contributed by atoms with van der Waals surface area (Å²) in [6.07, 6.45) is -1.21. The van der Waals surface area contributed by atoms with Gasteiger partial charge in [-0.2, -0.15) is 0 Å². The smallest absolute Gasteiger partial charge is 0.330 e. The third kappa shape index (κ3) is 3.37. The molecule has 1 saturated heterocycles. The van der Waals surface area contributed by atoms with Crippen LogP contribution in [-0.2, 0) is 9.47 Å². The van der Waals surface area contributed by atoms with Crippen LogP contribution in [0.1, 0.15) is 24.3 Å². The lowest BCUT2D eigenvalue weighted by molar-refractivity contribution is -0.0461. The van der Waals surface area contributed by atoms with Crippen LogP contribution >= 0.6 is 22.6 Å². The zero-order chi connectivity index (χ0) is 15.6. The van der Waals surface area contributed by atoms with Gasteiger partial charge in [0.1, 0.15) is 12.3 Å². The number of hydrogen-bond donors (Lipinski definition) is 3. The molecule has 8 nitrogen and oxygen atoms in total. The molecular weight excluding hydrogens is 395 g/mol. The minimum Gasteiger partial charge on any atom is -0.394 e. The zero-order valence-corrected chi connectivity index (χ0v) is 13.5. The average molecular weight is 412 g/mol. The number of ether oxygens (including phenoxy) is 2. The van der Waals surface area contributed by atoms with Crippen LogP contribution in [0.5, 0.6) is 0 Å². The number of hydrogen-bond acceptors (Lipinski definition) is 6. The number of halogens is 1. The van der Waals surface area contributed by atoms with Crippen LogP contribution in [0.2, 0.25) is 0 Å². The van der Waals surface area contributed by atoms with E-state index < -0.39 is 35.8 Å². The van der Waals surface area contributed by atoms with E-state index in [0.29, 0.717) is 9.99 Å². The second-order valence-electron chi connectivity index (χ2n) is 4.74. The van der Waals surface area contributed by atoms with Gasteiger partial charge in [0.25, 0.3) is 5.56 Å². The van der Waals surface area contributed by atoms with Gasteiger partial charge in [-0.1, -0.05) is 22.6 Å². The highest BCUT2D eigenvalue weighted by molar-refractivity contribution is 14.1. The van der Waals surface area contributed by atoms with Gasteiger partial charge in [-0.15, -0.1) is 0 Å². The molecule has 0 aliphatic carbocycles. The Morgan fingerprint density at radius 2 is 2.33 bits per heavy atom. The predicted molar refractivity (Wildman–Crippen MR) is 81.6 cm³/mol. The molecule has 9 heteroatoms. The normalized spacial score (nSPS) is 27.0. The van der Waals surface area contributed by atoms with Gasteiger partial charge in [-0.25, -0.2) is 4.79 Å². The highest BCUT2D eigenvalue weighted by Gasteiger charge is 2.35. The number of aliphatic hydroxyl groups is 2. The lowest BCUT2D eigenvalue weighted by atomic mass is 10.2. The summed E-state index contributed by atoms with van der Waals surface area (Å²) >= 11 is 2.08. The molecule has 3 N–H and O–H groups in total. The molecule has 2 rings (SSSR count). The molecule has 1 aromatic heterocycles. The fourth-order valence-corrected chi connectivity index (χ4v) is 3.10. The highest BCUT2D eigenvalue weighted by Crippen LogP contribution is 2.27. The fourth-order valence-electron chi connectivity index (χ4n) is 2.27. The molecule has 1 aliphatic heterocycles. The number of aromatic nitrogens is 2. The van der Waals surface area contributed by atoms with Crippen LogP contribution in [0.4, 0.5) is 0 Å². The number of aromatic amines is 1. The largest absolute Gasteiger partial charge is 0.394 e. The molecule has 4 atom stereocenters. The van der Waals surface area contributed by atoms with Crippen molar-refractivity contribution in [3.05, 3.63) is 32.6 Å². The number of nitrogens with one attached hydrogen (secondary N) is 1. The van der Waals surface area contributed by atoms with E-state index >= 15 is 0 Å². The maximum absolute atomic E-state index is 11.9. The summed E-state index contributed by atoms with van der Waals surface area (Å²) in [5.74, 6) is 0. The van der Waals surface area contributed by atoms with Gasteiger partial charge in [0, 0.05) is 24.2 Å². The molecule has 0 saturated carbocycles. The van der Waals surface area contributed by atoms with Gasteiger partial charge >= 0.3 is 5.69 Å². The Labute approximate surface area is 133 Å². The molecule has 1 fully saturated rings. The van der Waals surface area contributed by atoms with E-state index in [2.05, 4.69) is 27.6 Å². The topological polar surface area (TPSA) is 114 Å². The van der Waals surface area contributed by atoms with E-state index in [1.165, 1.54) is 17.9 Å². The third-order valence-electron chi connectivity index (χ3n) is 3.46. The summed E-state index contributed by atoms with van der Waals surface area (Å²) in [7, 11) is 1.48. The first-order chi connectivity index (χ1) is 10.0. The Bertz CT molecular complexity index is 596. The van der Waals surface area contributed by atoms with Crippen LogP contribution < -0.4 is 11.2 Å². The fraction of sp³-hybridized carbons (Fsp3) is 0.667. The number of aliphatic hydroxyl groups excluding tert-OH is 2. The molecule has 118 valence electrons. The molecule has 0 radical (unpaired) electrons. The van der Waals surface area contributed by atoms with Gasteiger partial charge in [-0.3, -0.25) is 14.3 Å². The Balaban J connectivity index is 2.39. The molecule has 0 spiro atoms. The van der Waals surface area contributed by atoms with E-state index in [1.54, 1.807) is 0 Å². The van der Waals surface area contributed by atoms with Crippen molar-refractivity contribution < 1.29 is 19.7 Å². The Hall–Kier alpha value is -0.750. The third-order valence-corrected chi connectivity index (χ3v) is 4.26. The maximum atomic E-state index is 11.9. The average Bonchev–Trinajstić information content (AvgIpc) is 2.83. The number of alkyl halides is 1. The SMILES string of the molecule is COC(CI)c1cn([C@H]2C[C@H](O)[C@@H](CO)O2)c(=O)[nH]c1=O. The molecule has 0 bridgehead atoms. The summed E-state index contributed by atoms with van der Waals surface area (Å²) in [5, 5.41) is 18.8. The van der Waals surface area contributed by atoms with Crippen molar-refractivity contribution in [3.8, 4) is 0 Å². The maximum Gasteiger partial charge on any atom is 0.330 e. The van der Waals surface area contributed by atoms with Gasteiger partial charge in [0.05, 0.1) is 24.4 Å². The number of H-pyrrole nitrogens is 1. The van der Waals surface area contributed by atoms with E-state index in [9.17, 15) is 14.7 Å². The van der Waals surface area contributed by atoms with Crippen molar-refractivity contribution in [2.75, 3.05) is 18.1 Å². The van der Waals surface area contributed by atoms with Crippen molar-refractivity contribution in [1.29, 1.82) is 0 Å². The van der Waals surface area contributed by atoms with Crippen molar-refractivity contribution in [3.63, 3.8) is 0 Å². The first-order valence-electron chi connectivity index (χ1n) is 6.40. The molecule has 0 amide bonds. The summed E-state index contributed by atoms with van der Waals surface area (Å²) in [6, 6.07) is 0. The Morgan fingerprint density at radius 3 is 2.86 bits per heavy atom. The zero-order valence-electron chi connectivity index (χ0n) is 11.4. The van der Waals surface area contributed by atoms with Crippen molar-refractivity contribution in [2.45, 2.75) is 31.0 Å². The van der Waals surface area contributed by atoms with Gasteiger partial charge < -0.3 is 19.7 Å². The molecule has 1 aliphatic rings. The first kappa shape index (κ1) is 16.6. The lowest BCUT2D eigenvalue weighted by Crippen LogP contribution is -2.35. The summed E-state index contributed by atoms with van der Waals surface area (Å²) in [6.45, 7) is -0.336. The van der Waals surface area contributed by atoms with Crippen molar-refractivity contribution in [1.82, 2.24) is 9.55 Å². The monoisotopic (exact) mass is 412 g/mol. The Kier molecular flexibility index (Phi) is 5.54. The van der Waals surface area contributed by atoms with Crippen molar-refractivity contribution in [2.24, 2.45) is 0 Å². The van der Waals surface area contributed by atoms with Crippen LogP contribution in [0, 0.1) is 0 Å². The lowest BCUT2D eigenvalue weighted by Gasteiger charge is -2.17. The number of methoxy groups -OCH3 is 1. The minimum absolute atomic E-state index is 0.165. The standard InChI is InChI=1S/C12H17IN2O6/c1-20-8(3-13)6-4-15(12(19)14-11(6)18)10-2-7(17)9(5-16)21-10/h4,7-10,16-17H,2-3,5H2,1H3,(H,14,18,19)/t7-,8?,9+,10+/m0/s1. The van der Waals surface area contributed by atoms with E-state index in [1.807, 2.05) is 0 Å². The second-order valence-corrected chi connectivity index (χ2v) is 5.63. The second kappa shape index (κ2) is 7.01. The summed E-state index contributed by atoms with van der Waals surface area (Å²) in [4.78, 5) is 26.0. The molecular formula is C12H17IN2O6. The number of nitrogens with zero attached hydrogens (tertiary/aromatic N) is 1. The van der Waals surface area contributed by atoms with Gasteiger partial charge in [-0.05, 0) is 0 Å². The van der Waals surface area contributed by atoms with Gasteiger partial charge in [0.2, 0.25) is 0 Å². The first-order valence-corrected chi connectivity index (χ1v) is 7.92. The molecule has 0 aromatic carbocycles. The summed E-state index contributed by atoms with van der Waals surface area (Å²) < 4.78 is 12.4. The molecule has 1 unspecified atom stereocenters. The van der Waals surface area contributed by atoms with Crippen LogP contribution in [0.15, 0.2) is 15.8 Å². The minimum atomic E-state index is -0.856. The van der Waals surface area contributed by atoms with E-state index in [0.717, 1.165) is 0 Å².